The number of ether oxygens (including phenoxy) is 2. The van der Waals surface area contributed by atoms with Crippen molar-refractivity contribution in [3.8, 4) is 34.3 Å². The topological polar surface area (TPSA) is 88.1 Å². The van der Waals surface area contributed by atoms with Crippen molar-refractivity contribution in [1.82, 2.24) is 24.9 Å². The summed E-state index contributed by atoms with van der Waals surface area (Å²) in [5.41, 5.74) is 1.75. The third-order valence-electron chi connectivity index (χ3n) is 4.32. The number of para-hydroxylation sites is 1. The standard InChI is InChI=1S/C20H19N5O3S/c1-25-19(13-8-10-14(26-2)11-9-13)22-23-20(25)29-12-17-21-18(24-28-17)15-6-4-5-7-16(15)27-3/h4-11H,12H2,1-3H3. The normalized spacial score (nSPS) is 10.9. The van der Waals surface area contributed by atoms with Gasteiger partial charge in [0.05, 0.1) is 25.5 Å². The smallest absolute Gasteiger partial charge is 0.237 e. The molecule has 0 saturated heterocycles. The van der Waals surface area contributed by atoms with Gasteiger partial charge in [0.1, 0.15) is 11.5 Å². The summed E-state index contributed by atoms with van der Waals surface area (Å²) in [7, 11) is 5.18. The minimum atomic E-state index is 0.483. The fourth-order valence-corrected chi connectivity index (χ4v) is 3.56. The summed E-state index contributed by atoms with van der Waals surface area (Å²) in [6.07, 6.45) is 0. The summed E-state index contributed by atoms with van der Waals surface area (Å²) >= 11 is 1.48. The van der Waals surface area contributed by atoms with Gasteiger partial charge in [-0.25, -0.2) is 0 Å². The van der Waals surface area contributed by atoms with Crippen LogP contribution < -0.4 is 9.47 Å². The van der Waals surface area contributed by atoms with Crippen LogP contribution in [0.3, 0.4) is 0 Å². The summed E-state index contributed by atoms with van der Waals surface area (Å²) < 4.78 is 17.9. The molecule has 4 aromatic rings. The highest BCUT2D eigenvalue weighted by molar-refractivity contribution is 7.98. The molecule has 0 bridgehead atoms. The molecule has 2 aromatic heterocycles. The Bertz CT molecular complexity index is 1110. The second kappa shape index (κ2) is 8.36. The van der Waals surface area contributed by atoms with Gasteiger partial charge in [-0.15, -0.1) is 10.2 Å². The Hall–Kier alpha value is -3.33. The zero-order valence-electron chi connectivity index (χ0n) is 16.2. The van der Waals surface area contributed by atoms with Crippen LogP contribution in [0.4, 0.5) is 0 Å². The minimum absolute atomic E-state index is 0.483. The van der Waals surface area contributed by atoms with E-state index in [0.29, 0.717) is 23.2 Å². The monoisotopic (exact) mass is 409 g/mol. The molecule has 0 unspecified atom stereocenters. The molecular formula is C20H19N5O3S. The molecular weight excluding hydrogens is 390 g/mol. The number of thioether (sulfide) groups is 1. The van der Waals surface area contributed by atoms with Gasteiger partial charge >= 0.3 is 0 Å². The predicted molar refractivity (Wildman–Crippen MR) is 109 cm³/mol. The first kappa shape index (κ1) is 19.0. The fraction of sp³-hybridized carbons (Fsp3) is 0.200. The largest absolute Gasteiger partial charge is 0.497 e. The number of aromatic nitrogens is 5. The number of methoxy groups -OCH3 is 2. The summed E-state index contributed by atoms with van der Waals surface area (Å²) in [6, 6.07) is 15.3. The third kappa shape index (κ3) is 3.95. The highest BCUT2D eigenvalue weighted by Gasteiger charge is 2.16. The van der Waals surface area contributed by atoms with E-state index in [0.717, 1.165) is 27.9 Å². The van der Waals surface area contributed by atoms with Crippen molar-refractivity contribution in [2.75, 3.05) is 14.2 Å². The first-order chi connectivity index (χ1) is 14.2. The van der Waals surface area contributed by atoms with Crippen molar-refractivity contribution in [3.05, 3.63) is 54.4 Å². The van der Waals surface area contributed by atoms with Gasteiger partial charge < -0.3 is 18.6 Å². The first-order valence-electron chi connectivity index (χ1n) is 8.82. The van der Waals surface area contributed by atoms with Gasteiger partial charge in [0.15, 0.2) is 11.0 Å². The lowest BCUT2D eigenvalue weighted by atomic mass is 10.2. The number of hydrogen-bond donors (Lipinski definition) is 0. The Balaban J connectivity index is 1.47. The average Bonchev–Trinajstić information content (AvgIpc) is 3.39. The van der Waals surface area contributed by atoms with Gasteiger partial charge in [-0.05, 0) is 36.4 Å². The van der Waals surface area contributed by atoms with Crippen molar-refractivity contribution in [1.29, 1.82) is 0 Å². The maximum atomic E-state index is 5.39. The molecule has 9 heteroatoms. The Morgan fingerprint density at radius 1 is 1.00 bits per heavy atom. The molecule has 2 heterocycles. The number of rotatable bonds is 7. The van der Waals surface area contributed by atoms with E-state index in [1.54, 1.807) is 14.2 Å². The lowest BCUT2D eigenvalue weighted by molar-refractivity contribution is 0.390. The predicted octanol–water partition coefficient (Wildman–Crippen LogP) is 3.84. The van der Waals surface area contributed by atoms with Gasteiger partial charge in [-0.2, -0.15) is 4.98 Å². The van der Waals surface area contributed by atoms with Crippen LogP contribution in [0.5, 0.6) is 11.5 Å². The molecule has 4 rings (SSSR count). The maximum absolute atomic E-state index is 5.39. The first-order valence-corrected chi connectivity index (χ1v) is 9.80. The summed E-state index contributed by atoms with van der Waals surface area (Å²) in [6.45, 7) is 0. The Labute approximate surface area is 171 Å². The van der Waals surface area contributed by atoms with Crippen molar-refractivity contribution in [3.63, 3.8) is 0 Å². The van der Waals surface area contributed by atoms with Crippen LogP contribution >= 0.6 is 11.8 Å². The van der Waals surface area contributed by atoms with E-state index >= 15 is 0 Å². The van der Waals surface area contributed by atoms with E-state index in [9.17, 15) is 0 Å². The average molecular weight is 409 g/mol. The van der Waals surface area contributed by atoms with Crippen LogP contribution in [-0.2, 0) is 12.8 Å². The van der Waals surface area contributed by atoms with Crippen molar-refractivity contribution in [2.24, 2.45) is 7.05 Å². The third-order valence-corrected chi connectivity index (χ3v) is 5.33. The maximum Gasteiger partial charge on any atom is 0.237 e. The summed E-state index contributed by atoms with van der Waals surface area (Å²) in [5, 5.41) is 13.4. The van der Waals surface area contributed by atoms with E-state index in [2.05, 4.69) is 20.3 Å². The number of hydrogen-bond acceptors (Lipinski definition) is 8. The van der Waals surface area contributed by atoms with Crippen molar-refractivity contribution >= 4 is 11.8 Å². The van der Waals surface area contributed by atoms with E-state index in [-0.39, 0.29) is 0 Å². The van der Waals surface area contributed by atoms with Crippen molar-refractivity contribution in [2.45, 2.75) is 10.9 Å². The van der Waals surface area contributed by atoms with Crippen molar-refractivity contribution < 1.29 is 14.0 Å². The SMILES string of the molecule is COc1ccc(-c2nnc(SCc3nc(-c4ccccc4OC)no3)n2C)cc1. The van der Waals surface area contributed by atoms with E-state index in [1.165, 1.54) is 11.8 Å². The van der Waals surface area contributed by atoms with Crippen LogP contribution in [-0.4, -0.2) is 39.1 Å². The molecule has 0 spiro atoms. The number of benzene rings is 2. The molecule has 0 amide bonds. The van der Waals surface area contributed by atoms with Crippen LogP contribution in [0.2, 0.25) is 0 Å². The summed E-state index contributed by atoms with van der Waals surface area (Å²) in [4.78, 5) is 4.47. The molecule has 0 N–H and O–H groups in total. The second-order valence-electron chi connectivity index (χ2n) is 6.09. The van der Waals surface area contributed by atoms with Gasteiger partial charge in [0.25, 0.3) is 0 Å². The van der Waals surface area contributed by atoms with Crippen LogP contribution in [0, 0.1) is 0 Å². The molecule has 0 saturated carbocycles. The Morgan fingerprint density at radius 3 is 2.55 bits per heavy atom. The second-order valence-corrected chi connectivity index (χ2v) is 7.04. The highest BCUT2D eigenvalue weighted by atomic mass is 32.2. The molecule has 0 atom stereocenters. The molecule has 0 aliphatic heterocycles. The lowest BCUT2D eigenvalue weighted by Gasteiger charge is -2.04. The molecule has 8 nitrogen and oxygen atoms in total. The molecule has 0 radical (unpaired) electrons. The minimum Gasteiger partial charge on any atom is -0.497 e. The van der Waals surface area contributed by atoms with Gasteiger partial charge in [-0.1, -0.05) is 29.1 Å². The van der Waals surface area contributed by atoms with E-state index < -0.39 is 0 Å². The summed E-state index contributed by atoms with van der Waals surface area (Å²) in [5.74, 6) is 3.75. The Morgan fingerprint density at radius 2 is 1.79 bits per heavy atom. The lowest BCUT2D eigenvalue weighted by Crippen LogP contribution is -1.95. The van der Waals surface area contributed by atoms with Crippen LogP contribution in [0.1, 0.15) is 5.89 Å². The van der Waals surface area contributed by atoms with E-state index in [4.69, 9.17) is 14.0 Å². The van der Waals surface area contributed by atoms with Gasteiger partial charge in [0, 0.05) is 12.6 Å². The van der Waals surface area contributed by atoms with Crippen LogP contribution in [0.15, 0.2) is 58.2 Å². The Kier molecular flexibility index (Phi) is 5.48. The molecule has 2 aromatic carbocycles. The fourth-order valence-electron chi connectivity index (χ4n) is 2.81. The van der Waals surface area contributed by atoms with Gasteiger partial charge in [-0.3, -0.25) is 0 Å². The molecule has 0 aliphatic carbocycles. The van der Waals surface area contributed by atoms with Crippen LogP contribution in [0.25, 0.3) is 22.8 Å². The molecule has 0 fully saturated rings. The quantitative estimate of drug-likeness (QED) is 0.426. The molecule has 148 valence electrons. The molecule has 0 aliphatic rings. The number of nitrogens with zero attached hydrogens (tertiary/aromatic N) is 5. The molecule has 29 heavy (non-hydrogen) atoms. The van der Waals surface area contributed by atoms with E-state index in [1.807, 2.05) is 60.1 Å². The van der Waals surface area contributed by atoms with Gasteiger partial charge in [0.2, 0.25) is 11.7 Å². The highest BCUT2D eigenvalue weighted by Crippen LogP contribution is 2.29. The zero-order valence-corrected chi connectivity index (χ0v) is 17.0. The zero-order chi connectivity index (χ0) is 20.2.